The van der Waals surface area contributed by atoms with E-state index in [1.807, 2.05) is 6.92 Å². The van der Waals surface area contributed by atoms with E-state index in [9.17, 15) is 14.9 Å². The van der Waals surface area contributed by atoms with Gasteiger partial charge in [-0.2, -0.15) is 0 Å². The van der Waals surface area contributed by atoms with Gasteiger partial charge in [-0.3, -0.25) is 14.9 Å². The zero-order chi connectivity index (χ0) is 15.1. The van der Waals surface area contributed by atoms with Crippen molar-refractivity contribution in [3.8, 4) is 0 Å². The van der Waals surface area contributed by atoms with E-state index in [1.165, 1.54) is 18.2 Å². The van der Waals surface area contributed by atoms with Crippen LogP contribution in [0.15, 0.2) is 18.2 Å². The van der Waals surface area contributed by atoms with Gasteiger partial charge in [-0.05, 0) is 12.5 Å². The van der Waals surface area contributed by atoms with Gasteiger partial charge in [-0.15, -0.1) is 0 Å². The summed E-state index contributed by atoms with van der Waals surface area (Å²) in [6, 6.07) is 4.03. The number of carbonyl (C=O) groups excluding carboxylic acids is 1. The Hall–Kier alpha value is -2.15. The molecule has 7 nitrogen and oxygen atoms in total. The predicted octanol–water partition coefficient (Wildman–Crippen LogP) is 1.72. The van der Waals surface area contributed by atoms with Gasteiger partial charge in [0.25, 0.3) is 11.6 Å². The van der Waals surface area contributed by atoms with Crippen molar-refractivity contribution >= 4 is 17.3 Å². The van der Waals surface area contributed by atoms with Gasteiger partial charge in [0, 0.05) is 13.2 Å². The number of nitrogens with two attached hydrogens (primary N) is 1. The Balaban J connectivity index is 2.91. The maximum Gasteiger partial charge on any atom is 0.292 e. The van der Waals surface area contributed by atoms with E-state index in [1.54, 1.807) is 7.11 Å². The number of carbonyl (C=O) groups is 1. The molecule has 20 heavy (non-hydrogen) atoms. The third-order valence-electron chi connectivity index (χ3n) is 2.86. The molecule has 0 aromatic heterocycles. The Morgan fingerprint density at radius 2 is 2.25 bits per heavy atom. The molecule has 0 bridgehead atoms. The summed E-state index contributed by atoms with van der Waals surface area (Å²) in [6.07, 6.45) is 1.65. The molecule has 0 heterocycles. The largest absolute Gasteiger partial charge is 0.393 e. The van der Waals surface area contributed by atoms with E-state index in [2.05, 4.69) is 5.32 Å². The SMILES string of the molecule is CCCC(COC)NC(=O)c1cccc([N+](=O)[O-])c1N. The molecule has 0 aliphatic heterocycles. The van der Waals surface area contributed by atoms with Gasteiger partial charge in [-0.1, -0.05) is 19.4 Å². The van der Waals surface area contributed by atoms with Crippen LogP contribution in [0.2, 0.25) is 0 Å². The highest BCUT2D eigenvalue weighted by atomic mass is 16.6. The lowest BCUT2D eigenvalue weighted by Gasteiger charge is -2.17. The highest BCUT2D eigenvalue weighted by Gasteiger charge is 2.20. The number of nitrogen functional groups attached to an aromatic ring is 1. The molecule has 1 atom stereocenters. The molecule has 1 unspecified atom stereocenters. The molecule has 0 saturated carbocycles. The Labute approximate surface area is 117 Å². The summed E-state index contributed by atoms with van der Waals surface area (Å²) in [5.74, 6) is -0.429. The number of hydrogen-bond acceptors (Lipinski definition) is 5. The summed E-state index contributed by atoms with van der Waals surface area (Å²) in [5.41, 5.74) is 5.39. The van der Waals surface area contributed by atoms with Crippen molar-refractivity contribution in [1.29, 1.82) is 0 Å². The van der Waals surface area contributed by atoms with Crippen molar-refractivity contribution in [3.05, 3.63) is 33.9 Å². The van der Waals surface area contributed by atoms with E-state index >= 15 is 0 Å². The Kier molecular flexibility index (Phi) is 5.92. The number of anilines is 1. The molecule has 1 aromatic carbocycles. The third kappa shape index (κ3) is 3.92. The van der Waals surface area contributed by atoms with Crippen molar-refractivity contribution in [2.75, 3.05) is 19.5 Å². The molecule has 0 fully saturated rings. The van der Waals surface area contributed by atoms with Crippen LogP contribution in [0.5, 0.6) is 0 Å². The number of methoxy groups -OCH3 is 1. The average Bonchev–Trinajstić information content (AvgIpc) is 2.39. The molecule has 1 aromatic rings. The number of nitro groups is 1. The van der Waals surface area contributed by atoms with Gasteiger partial charge in [0.1, 0.15) is 5.69 Å². The van der Waals surface area contributed by atoms with Crippen LogP contribution in [0.4, 0.5) is 11.4 Å². The maximum absolute atomic E-state index is 12.1. The third-order valence-corrected chi connectivity index (χ3v) is 2.86. The van der Waals surface area contributed by atoms with Crippen LogP contribution in [-0.4, -0.2) is 30.6 Å². The number of nitro benzene ring substituents is 1. The molecule has 0 aliphatic rings. The first-order valence-corrected chi connectivity index (χ1v) is 6.33. The summed E-state index contributed by atoms with van der Waals surface area (Å²) >= 11 is 0. The lowest BCUT2D eigenvalue weighted by atomic mass is 10.1. The summed E-state index contributed by atoms with van der Waals surface area (Å²) in [4.78, 5) is 22.3. The van der Waals surface area contributed by atoms with E-state index in [4.69, 9.17) is 10.5 Å². The lowest BCUT2D eigenvalue weighted by Crippen LogP contribution is -2.38. The number of rotatable bonds is 7. The van der Waals surface area contributed by atoms with E-state index < -0.39 is 10.8 Å². The number of nitrogens with one attached hydrogen (secondary N) is 1. The molecule has 1 rings (SSSR count). The van der Waals surface area contributed by atoms with Gasteiger partial charge >= 0.3 is 0 Å². The fraction of sp³-hybridized carbons (Fsp3) is 0.462. The van der Waals surface area contributed by atoms with Crippen LogP contribution in [-0.2, 0) is 4.74 Å². The second-order valence-corrected chi connectivity index (χ2v) is 4.41. The van der Waals surface area contributed by atoms with Gasteiger partial charge in [-0.25, -0.2) is 0 Å². The molecule has 7 heteroatoms. The van der Waals surface area contributed by atoms with Crippen LogP contribution in [0.1, 0.15) is 30.1 Å². The van der Waals surface area contributed by atoms with Gasteiger partial charge in [0.15, 0.2) is 0 Å². The average molecular weight is 281 g/mol. The van der Waals surface area contributed by atoms with Gasteiger partial charge < -0.3 is 15.8 Å². The van der Waals surface area contributed by atoms with E-state index in [0.29, 0.717) is 6.61 Å². The fourth-order valence-corrected chi connectivity index (χ4v) is 1.92. The summed E-state index contributed by atoms with van der Waals surface area (Å²) in [5, 5.41) is 13.6. The standard InChI is InChI=1S/C13H19N3O4/c1-3-5-9(8-20-2)15-13(17)10-6-4-7-11(12(10)14)16(18)19/h4,6-7,9H,3,5,8,14H2,1-2H3,(H,15,17). The summed E-state index contributed by atoms with van der Waals surface area (Å²) < 4.78 is 5.03. The van der Waals surface area contributed by atoms with Crippen molar-refractivity contribution in [3.63, 3.8) is 0 Å². The zero-order valence-corrected chi connectivity index (χ0v) is 11.6. The van der Waals surface area contributed by atoms with Crippen LogP contribution in [0, 0.1) is 10.1 Å². The smallest absolute Gasteiger partial charge is 0.292 e. The van der Waals surface area contributed by atoms with Crippen LogP contribution in [0.3, 0.4) is 0 Å². The minimum absolute atomic E-state index is 0.108. The number of amides is 1. The molecular weight excluding hydrogens is 262 g/mol. The topological polar surface area (TPSA) is 107 Å². The highest BCUT2D eigenvalue weighted by molar-refractivity contribution is 6.01. The normalized spacial score (nSPS) is 11.9. The predicted molar refractivity (Wildman–Crippen MR) is 75.5 cm³/mol. The molecule has 0 radical (unpaired) electrons. The quantitative estimate of drug-likeness (QED) is 0.449. The summed E-state index contributed by atoms with van der Waals surface area (Å²) in [6.45, 7) is 2.38. The molecular formula is C13H19N3O4. The monoisotopic (exact) mass is 281 g/mol. The number of benzene rings is 1. The minimum Gasteiger partial charge on any atom is -0.393 e. The molecule has 0 aliphatic carbocycles. The number of ether oxygens (including phenoxy) is 1. The van der Waals surface area contributed by atoms with Crippen molar-refractivity contribution in [2.24, 2.45) is 0 Å². The van der Waals surface area contributed by atoms with Crippen molar-refractivity contribution < 1.29 is 14.5 Å². The molecule has 1 amide bonds. The number of para-hydroxylation sites is 1. The van der Waals surface area contributed by atoms with Crippen LogP contribution in [0.25, 0.3) is 0 Å². The van der Waals surface area contributed by atoms with Crippen LogP contribution >= 0.6 is 0 Å². The summed E-state index contributed by atoms with van der Waals surface area (Å²) in [7, 11) is 1.55. The van der Waals surface area contributed by atoms with Gasteiger partial charge in [0.05, 0.1) is 23.1 Å². The second kappa shape index (κ2) is 7.44. The Morgan fingerprint density at radius 3 is 2.80 bits per heavy atom. The first-order chi connectivity index (χ1) is 9.51. The van der Waals surface area contributed by atoms with Crippen molar-refractivity contribution in [2.45, 2.75) is 25.8 Å². The zero-order valence-electron chi connectivity index (χ0n) is 11.6. The Morgan fingerprint density at radius 1 is 1.55 bits per heavy atom. The van der Waals surface area contributed by atoms with Gasteiger partial charge in [0.2, 0.25) is 0 Å². The number of nitrogens with zero attached hydrogens (tertiary/aromatic N) is 1. The van der Waals surface area contributed by atoms with Crippen molar-refractivity contribution in [1.82, 2.24) is 5.32 Å². The second-order valence-electron chi connectivity index (χ2n) is 4.41. The molecule has 3 N–H and O–H groups in total. The van der Waals surface area contributed by atoms with Crippen LogP contribution < -0.4 is 11.1 Å². The highest BCUT2D eigenvalue weighted by Crippen LogP contribution is 2.24. The van der Waals surface area contributed by atoms with E-state index in [0.717, 1.165) is 12.8 Å². The minimum atomic E-state index is -0.606. The maximum atomic E-state index is 12.1. The molecule has 110 valence electrons. The fourth-order valence-electron chi connectivity index (χ4n) is 1.92. The molecule has 0 saturated heterocycles. The first-order valence-electron chi connectivity index (χ1n) is 6.33. The lowest BCUT2D eigenvalue weighted by molar-refractivity contribution is -0.383. The Bertz CT molecular complexity index is 485. The first kappa shape index (κ1) is 15.9. The number of hydrogen-bond donors (Lipinski definition) is 2. The van der Waals surface area contributed by atoms with E-state index in [-0.39, 0.29) is 23.0 Å². The molecule has 0 spiro atoms.